The number of aromatic nitrogens is 6. The Morgan fingerprint density at radius 3 is 2.70 bits per heavy atom. The Bertz CT molecular complexity index is 1250. The summed E-state index contributed by atoms with van der Waals surface area (Å²) < 4.78 is 5.28. The van der Waals surface area contributed by atoms with Gasteiger partial charge in [0.05, 0.1) is 19.3 Å². The van der Waals surface area contributed by atoms with Crippen molar-refractivity contribution in [1.82, 2.24) is 35.5 Å². The highest BCUT2D eigenvalue weighted by Gasteiger charge is 2.16. The van der Waals surface area contributed by atoms with Crippen molar-refractivity contribution in [2.45, 2.75) is 20.4 Å². The number of hydrogen-bond acceptors (Lipinski definition) is 6. The summed E-state index contributed by atoms with van der Waals surface area (Å²) in [5, 5.41) is 11.6. The maximum absolute atomic E-state index is 12.5. The van der Waals surface area contributed by atoms with Gasteiger partial charge in [0.15, 0.2) is 5.82 Å². The topological polar surface area (TPSA) is 137 Å². The predicted octanol–water partition coefficient (Wildman–Crippen LogP) is 2.25. The smallest absolute Gasteiger partial charge is 0.287 e. The highest BCUT2D eigenvalue weighted by molar-refractivity contribution is 5.99. The Labute approximate surface area is 172 Å². The summed E-state index contributed by atoms with van der Waals surface area (Å²) in [5.41, 5.74) is 4.18. The van der Waals surface area contributed by atoms with Crippen molar-refractivity contribution in [3.05, 3.63) is 53.1 Å². The number of hydrogen-bond donors (Lipinski definition) is 4. The summed E-state index contributed by atoms with van der Waals surface area (Å²) in [6.45, 7) is 3.93. The van der Waals surface area contributed by atoms with E-state index in [2.05, 4.69) is 40.4 Å². The monoisotopic (exact) mass is 406 g/mol. The zero-order valence-corrected chi connectivity index (χ0v) is 17.1. The third-order valence-electron chi connectivity index (χ3n) is 4.68. The summed E-state index contributed by atoms with van der Waals surface area (Å²) in [7, 11) is 3.27. The minimum atomic E-state index is -0.313. The minimum Gasteiger partial charge on any atom is -0.480 e. The average Bonchev–Trinajstić information content (AvgIpc) is 3.44. The number of aromatic amines is 3. The molecule has 0 aliphatic rings. The molecule has 4 rings (SSSR count). The molecule has 0 bridgehead atoms. The van der Waals surface area contributed by atoms with Crippen LogP contribution in [0.3, 0.4) is 0 Å². The van der Waals surface area contributed by atoms with Crippen LogP contribution < -0.4 is 5.32 Å². The second kappa shape index (κ2) is 7.82. The maximum atomic E-state index is 12.5. The van der Waals surface area contributed by atoms with Gasteiger partial charge in [-0.25, -0.2) is 4.98 Å². The number of aryl methyl sites for hydroxylation is 2. The van der Waals surface area contributed by atoms with E-state index in [0.717, 1.165) is 33.5 Å². The van der Waals surface area contributed by atoms with Gasteiger partial charge in [0, 0.05) is 29.2 Å². The van der Waals surface area contributed by atoms with E-state index in [9.17, 15) is 4.79 Å². The molecule has 3 aromatic heterocycles. The number of nitrogens with one attached hydrogen (secondary N) is 4. The van der Waals surface area contributed by atoms with Crippen LogP contribution in [0.5, 0.6) is 0 Å². The lowest BCUT2D eigenvalue weighted by atomic mass is 10.1. The molecule has 3 heterocycles. The van der Waals surface area contributed by atoms with Crippen LogP contribution in [0, 0.1) is 13.8 Å². The van der Waals surface area contributed by atoms with Crippen LogP contribution in [0.1, 0.15) is 33.7 Å². The second-order valence-corrected chi connectivity index (χ2v) is 6.82. The van der Waals surface area contributed by atoms with Gasteiger partial charge in [0.25, 0.3) is 5.91 Å². The molecule has 0 unspecified atom stereocenters. The summed E-state index contributed by atoms with van der Waals surface area (Å²) in [5.74, 6) is 1.75. The molecule has 0 atom stereocenters. The van der Waals surface area contributed by atoms with E-state index >= 15 is 0 Å². The van der Waals surface area contributed by atoms with Crippen LogP contribution in [0.15, 0.2) is 29.3 Å². The van der Waals surface area contributed by atoms with Crippen LogP contribution in [-0.2, 0) is 11.3 Å². The number of carbonyl (C=O) groups is 1. The summed E-state index contributed by atoms with van der Waals surface area (Å²) in [6.07, 6.45) is 0. The van der Waals surface area contributed by atoms with E-state index in [0.29, 0.717) is 17.5 Å². The van der Waals surface area contributed by atoms with Gasteiger partial charge in [-0.15, -0.1) is 10.2 Å². The van der Waals surface area contributed by atoms with Crippen molar-refractivity contribution >= 4 is 22.7 Å². The lowest BCUT2D eigenvalue weighted by Crippen LogP contribution is -2.24. The lowest BCUT2D eigenvalue weighted by molar-refractivity contribution is 0.0940. The number of benzene rings is 1. The summed E-state index contributed by atoms with van der Waals surface area (Å²) in [4.78, 5) is 30.4. The molecule has 1 aromatic carbocycles. The number of methoxy groups -OCH3 is 1. The van der Waals surface area contributed by atoms with E-state index in [1.807, 2.05) is 31.2 Å². The number of H-pyrrole nitrogens is 3. The summed E-state index contributed by atoms with van der Waals surface area (Å²) in [6, 6.07) is 7.91. The normalized spacial score (nSPS) is 11.8. The first-order valence-electron chi connectivity index (χ1n) is 9.35. The van der Waals surface area contributed by atoms with Crippen molar-refractivity contribution < 1.29 is 9.53 Å². The maximum Gasteiger partial charge on any atom is 0.287 e. The Morgan fingerprint density at radius 2 is 2.00 bits per heavy atom. The molecule has 30 heavy (non-hydrogen) atoms. The lowest BCUT2D eigenvalue weighted by Gasteiger charge is -2.00. The zero-order chi connectivity index (χ0) is 21.3. The van der Waals surface area contributed by atoms with E-state index < -0.39 is 0 Å². The van der Waals surface area contributed by atoms with Gasteiger partial charge >= 0.3 is 0 Å². The Balaban J connectivity index is 1.57. The molecule has 0 aliphatic carbocycles. The van der Waals surface area contributed by atoms with Crippen molar-refractivity contribution in [3.63, 3.8) is 0 Å². The Hall–Kier alpha value is -3.95. The van der Waals surface area contributed by atoms with Crippen LogP contribution in [0.2, 0.25) is 0 Å². The van der Waals surface area contributed by atoms with Gasteiger partial charge in [-0.1, -0.05) is 6.07 Å². The molecule has 0 aliphatic heterocycles. The predicted molar refractivity (Wildman–Crippen MR) is 112 cm³/mol. The van der Waals surface area contributed by atoms with Gasteiger partial charge in [0.2, 0.25) is 5.90 Å². The molecule has 1 amide bonds. The molecular weight excluding hydrogens is 384 g/mol. The molecule has 0 spiro atoms. The SMILES string of the molecule is C/N=C(\OC)c1cc2cc(-c3nc(C(=O)NCc4nnc(C)[nH]4)[nH]c3C)ccc2[nH]1. The number of carbonyl (C=O) groups excluding carboxylic acids is 1. The van der Waals surface area contributed by atoms with Gasteiger partial charge < -0.3 is 25.0 Å². The molecule has 10 nitrogen and oxygen atoms in total. The van der Waals surface area contributed by atoms with E-state index in [1.165, 1.54) is 0 Å². The van der Waals surface area contributed by atoms with Crippen molar-refractivity contribution in [1.29, 1.82) is 0 Å². The molecule has 0 saturated heterocycles. The van der Waals surface area contributed by atoms with Crippen LogP contribution in [0.4, 0.5) is 0 Å². The molecule has 4 N–H and O–H groups in total. The molecule has 10 heteroatoms. The molecular formula is C20H22N8O2. The highest BCUT2D eigenvalue weighted by Crippen LogP contribution is 2.26. The first kappa shape index (κ1) is 19.4. The van der Waals surface area contributed by atoms with E-state index in [4.69, 9.17) is 4.74 Å². The van der Waals surface area contributed by atoms with Crippen molar-refractivity contribution in [2.24, 2.45) is 4.99 Å². The average molecular weight is 406 g/mol. The molecule has 154 valence electrons. The number of ether oxygens (including phenoxy) is 1. The second-order valence-electron chi connectivity index (χ2n) is 6.82. The van der Waals surface area contributed by atoms with Crippen LogP contribution in [-0.4, -0.2) is 56.1 Å². The number of fused-ring (bicyclic) bond motifs is 1. The number of nitrogens with zero attached hydrogens (tertiary/aromatic N) is 4. The Morgan fingerprint density at radius 1 is 1.17 bits per heavy atom. The standard InChI is InChI=1S/C20H22N8O2/c1-10-17(26-18(23-10)19(29)22-9-16-24-11(2)27-28-16)12-5-6-14-13(7-12)8-15(25-14)20(21-3)30-4/h5-8,25H,9H2,1-4H3,(H,22,29)(H,23,26)(H,24,27,28)/b21-20-. The number of aliphatic imine (C=N–C) groups is 1. The van der Waals surface area contributed by atoms with Crippen molar-refractivity contribution in [3.8, 4) is 11.3 Å². The third kappa shape index (κ3) is 3.66. The summed E-state index contributed by atoms with van der Waals surface area (Å²) >= 11 is 0. The fourth-order valence-electron chi connectivity index (χ4n) is 3.29. The number of amides is 1. The van der Waals surface area contributed by atoms with Gasteiger partial charge in [-0.2, -0.15) is 0 Å². The highest BCUT2D eigenvalue weighted by atomic mass is 16.5. The molecule has 0 radical (unpaired) electrons. The molecule has 0 saturated carbocycles. The van der Waals surface area contributed by atoms with E-state index in [-0.39, 0.29) is 18.3 Å². The first-order valence-corrected chi connectivity index (χ1v) is 9.35. The zero-order valence-electron chi connectivity index (χ0n) is 17.1. The van der Waals surface area contributed by atoms with Gasteiger partial charge in [-0.3, -0.25) is 9.79 Å². The fraction of sp³-hybridized carbons (Fsp3) is 0.250. The third-order valence-corrected chi connectivity index (χ3v) is 4.68. The molecule has 4 aromatic rings. The Kier molecular flexibility index (Phi) is 5.05. The minimum absolute atomic E-state index is 0.244. The number of imidazole rings is 1. The quantitative estimate of drug-likeness (QED) is 0.298. The van der Waals surface area contributed by atoms with Crippen LogP contribution >= 0.6 is 0 Å². The molecule has 0 fully saturated rings. The van der Waals surface area contributed by atoms with Gasteiger partial charge in [0.1, 0.15) is 17.3 Å². The van der Waals surface area contributed by atoms with Gasteiger partial charge in [-0.05, 0) is 32.0 Å². The number of rotatable bonds is 5. The van der Waals surface area contributed by atoms with E-state index in [1.54, 1.807) is 21.1 Å². The van der Waals surface area contributed by atoms with Crippen molar-refractivity contribution in [2.75, 3.05) is 14.2 Å². The largest absolute Gasteiger partial charge is 0.480 e. The van der Waals surface area contributed by atoms with Crippen LogP contribution in [0.25, 0.3) is 22.2 Å². The first-order chi connectivity index (χ1) is 14.5. The fourth-order valence-corrected chi connectivity index (χ4v) is 3.29.